The van der Waals surface area contributed by atoms with Gasteiger partial charge in [-0.3, -0.25) is 9.78 Å². The lowest BCUT2D eigenvalue weighted by atomic mass is 9.94. The van der Waals surface area contributed by atoms with Gasteiger partial charge in [0.2, 0.25) is 0 Å². The van der Waals surface area contributed by atoms with Crippen LogP contribution in [0.4, 0.5) is 4.79 Å². The van der Waals surface area contributed by atoms with Crippen molar-refractivity contribution in [3.05, 3.63) is 120 Å². The molecule has 2 amide bonds. The van der Waals surface area contributed by atoms with E-state index in [1.54, 1.807) is 12.4 Å². The zero-order chi connectivity index (χ0) is 34.8. The number of hydrogen-bond donors (Lipinski definition) is 0. The third-order valence-electron chi connectivity index (χ3n) is 8.68. The summed E-state index contributed by atoms with van der Waals surface area (Å²) in [5, 5.41) is 0. The molecule has 0 atom stereocenters. The van der Waals surface area contributed by atoms with Crippen LogP contribution in [-0.4, -0.2) is 45.0 Å². The summed E-state index contributed by atoms with van der Waals surface area (Å²) in [5.41, 5.74) is 5.37. The number of hydrogen-bond acceptors (Lipinski definition) is 5. The highest BCUT2D eigenvalue weighted by Crippen LogP contribution is 2.28. The molecule has 0 aliphatic heterocycles. The molecule has 258 valence electrons. The maximum absolute atomic E-state index is 13.8. The molecule has 0 saturated heterocycles. The summed E-state index contributed by atoms with van der Waals surface area (Å²) < 4.78 is 11.6. The smallest absolute Gasteiger partial charge is 0.410 e. The second kappa shape index (κ2) is 16.6. The van der Waals surface area contributed by atoms with E-state index < -0.39 is 5.60 Å². The van der Waals surface area contributed by atoms with Crippen LogP contribution in [0.15, 0.2) is 97.3 Å². The number of amides is 2. The van der Waals surface area contributed by atoms with Gasteiger partial charge in [0, 0.05) is 43.6 Å². The zero-order valence-electron chi connectivity index (χ0n) is 29.7. The minimum absolute atomic E-state index is 0.0485. The van der Waals surface area contributed by atoms with E-state index in [2.05, 4.69) is 67.4 Å². The molecule has 1 aromatic heterocycles. The Morgan fingerprint density at radius 1 is 0.776 bits per heavy atom. The van der Waals surface area contributed by atoms with Gasteiger partial charge in [0.05, 0.1) is 6.61 Å². The SMILES string of the molecule is CC(C)COc1ccc(C(=O)N(Cc2ccc(-c3ccc(CN(C(=O)OC(C)(C)C)C4CCCCC4)cc3)cc2)Cc2cccnc2)cc1. The molecular weight excluding hydrogens is 610 g/mol. The van der Waals surface area contributed by atoms with Gasteiger partial charge in [0.1, 0.15) is 11.4 Å². The first-order valence-electron chi connectivity index (χ1n) is 17.6. The highest BCUT2D eigenvalue weighted by Gasteiger charge is 2.29. The summed E-state index contributed by atoms with van der Waals surface area (Å²) in [5.74, 6) is 1.14. The number of rotatable bonds is 12. The second-order valence-electron chi connectivity index (χ2n) is 14.5. The molecule has 0 N–H and O–H groups in total. The molecule has 1 aliphatic rings. The van der Waals surface area contributed by atoms with E-state index in [-0.39, 0.29) is 18.0 Å². The Bertz CT molecular complexity index is 1620. The molecule has 1 fully saturated rings. The Hall–Kier alpha value is -4.65. The highest BCUT2D eigenvalue weighted by molar-refractivity contribution is 5.94. The molecule has 0 bridgehead atoms. The number of carbonyl (C=O) groups excluding carboxylic acids is 2. The molecule has 1 saturated carbocycles. The summed E-state index contributed by atoms with van der Waals surface area (Å²) in [6.45, 7) is 12.1. The van der Waals surface area contributed by atoms with Gasteiger partial charge in [-0.05, 0) is 97.7 Å². The number of carbonyl (C=O) groups is 2. The monoisotopic (exact) mass is 661 g/mol. The van der Waals surface area contributed by atoms with Crippen molar-refractivity contribution < 1.29 is 19.1 Å². The fraction of sp³-hybridized carbons (Fsp3) is 0.405. The van der Waals surface area contributed by atoms with Crippen LogP contribution in [-0.2, 0) is 24.4 Å². The molecule has 1 heterocycles. The number of pyridine rings is 1. The average Bonchev–Trinajstić information content (AvgIpc) is 3.10. The van der Waals surface area contributed by atoms with Crippen LogP contribution in [0, 0.1) is 5.92 Å². The molecule has 7 nitrogen and oxygen atoms in total. The number of benzene rings is 3. The van der Waals surface area contributed by atoms with Crippen molar-refractivity contribution in [3.63, 3.8) is 0 Å². The lowest BCUT2D eigenvalue weighted by Gasteiger charge is -2.35. The van der Waals surface area contributed by atoms with E-state index in [1.807, 2.05) is 67.0 Å². The van der Waals surface area contributed by atoms with Crippen molar-refractivity contribution in [2.24, 2.45) is 5.92 Å². The number of ether oxygens (including phenoxy) is 2. The van der Waals surface area contributed by atoms with E-state index in [1.165, 1.54) is 6.42 Å². The third kappa shape index (κ3) is 10.7. The normalized spacial score (nSPS) is 13.6. The third-order valence-corrected chi connectivity index (χ3v) is 8.68. The molecule has 0 radical (unpaired) electrons. The van der Waals surface area contributed by atoms with Crippen LogP contribution in [0.3, 0.4) is 0 Å². The van der Waals surface area contributed by atoms with Gasteiger partial charge in [-0.1, -0.05) is 87.7 Å². The van der Waals surface area contributed by atoms with E-state index in [0.717, 1.165) is 59.3 Å². The molecule has 3 aromatic carbocycles. The van der Waals surface area contributed by atoms with Gasteiger partial charge in [-0.2, -0.15) is 0 Å². The summed E-state index contributed by atoms with van der Waals surface area (Å²) in [7, 11) is 0. The van der Waals surface area contributed by atoms with Crippen molar-refractivity contribution in [1.82, 2.24) is 14.8 Å². The second-order valence-corrected chi connectivity index (χ2v) is 14.5. The van der Waals surface area contributed by atoms with E-state index in [0.29, 0.717) is 37.7 Å². The topological polar surface area (TPSA) is 72.0 Å². The van der Waals surface area contributed by atoms with Crippen LogP contribution in [0.25, 0.3) is 11.1 Å². The quantitative estimate of drug-likeness (QED) is 0.151. The first kappa shape index (κ1) is 35.7. The fourth-order valence-electron chi connectivity index (χ4n) is 6.13. The number of aromatic nitrogens is 1. The molecule has 4 aromatic rings. The largest absolute Gasteiger partial charge is 0.493 e. The molecule has 49 heavy (non-hydrogen) atoms. The zero-order valence-corrected chi connectivity index (χ0v) is 29.7. The Kier molecular flexibility index (Phi) is 12.1. The Balaban J connectivity index is 1.27. The maximum Gasteiger partial charge on any atom is 0.410 e. The van der Waals surface area contributed by atoms with Crippen molar-refractivity contribution >= 4 is 12.0 Å². The first-order chi connectivity index (χ1) is 23.5. The standard InChI is InChI=1S/C42H51N3O4/c1-31(2)30-48-39-23-21-37(22-24-39)40(46)44(28-34-10-9-25-43-26-34)27-32-13-17-35(18-14-32)36-19-15-33(16-20-36)29-45(38-11-7-6-8-12-38)41(47)49-42(3,4)5/h9-10,13-26,31,38H,6-8,11-12,27-30H2,1-5H3. The summed E-state index contributed by atoms with van der Waals surface area (Å²) in [6.07, 6.45) is 8.88. The molecule has 0 unspecified atom stereocenters. The van der Waals surface area contributed by atoms with Crippen molar-refractivity contribution in [2.75, 3.05) is 6.61 Å². The van der Waals surface area contributed by atoms with Gasteiger partial charge in [-0.25, -0.2) is 4.79 Å². The van der Waals surface area contributed by atoms with E-state index in [9.17, 15) is 9.59 Å². The molecule has 1 aliphatic carbocycles. The first-order valence-corrected chi connectivity index (χ1v) is 17.6. The van der Waals surface area contributed by atoms with Crippen molar-refractivity contribution in [1.29, 1.82) is 0 Å². The fourth-order valence-corrected chi connectivity index (χ4v) is 6.13. The summed E-state index contributed by atoms with van der Waals surface area (Å²) >= 11 is 0. The molecule has 0 spiro atoms. The molecule has 7 heteroatoms. The van der Waals surface area contributed by atoms with E-state index >= 15 is 0 Å². The predicted octanol–water partition coefficient (Wildman–Crippen LogP) is 9.70. The van der Waals surface area contributed by atoms with Gasteiger partial charge >= 0.3 is 6.09 Å². The molecular formula is C42H51N3O4. The lowest BCUT2D eigenvalue weighted by Crippen LogP contribution is -2.43. The predicted molar refractivity (Wildman–Crippen MR) is 195 cm³/mol. The van der Waals surface area contributed by atoms with Crippen molar-refractivity contribution in [3.8, 4) is 16.9 Å². The van der Waals surface area contributed by atoms with Crippen LogP contribution < -0.4 is 4.74 Å². The highest BCUT2D eigenvalue weighted by atomic mass is 16.6. The van der Waals surface area contributed by atoms with Gasteiger partial charge in [0.15, 0.2) is 0 Å². The van der Waals surface area contributed by atoms with Gasteiger partial charge in [0.25, 0.3) is 5.91 Å². The minimum Gasteiger partial charge on any atom is -0.493 e. The summed E-state index contributed by atoms with van der Waals surface area (Å²) in [4.78, 5) is 35.0. The van der Waals surface area contributed by atoms with Crippen LogP contribution in [0.5, 0.6) is 5.75 Å². The maximum atomic E-state index is 13.8. The average molecular weight is 662 g/mol. The molecule has 5 rings (SSSR count). The van der Waals surface area contributed by atoms with E-state index in [4.69, 9.17) is 9.47 Å². The van der Waals surface area contributed by atoms with Crippen molar-refractivity contribution in [2.45, 2.75) is 98.0 Å². The van der Waals surface area contributed by atoms with Crippen LogP contribution in [0.2, 0.25) is 0 Å². The Morgan fingerprint density at radius 2 is 1.37 bits per heavy atom. The number of nitrogens with zero attached hydrogens (tertiary/aromatic N) is 3. The Labute approximate surface area is 292 Å². The summed E-state index contributed by atoms with van der Waals surface area (Å²) in [6, 6.07) is 28.3. The van der Waals surface area contributed by atoms with Crippen LogP contribution in [0.1, 0.15) is 93.8 Å². The Morgan fingerprint density at radius 3 is 1.92 bits per heavy atom. The van der Waals surface area contributed by atoms with Gasteiger partial charge in [-0.15, -0.1) is 0 Å². The minimum atomic E-state index is -0.531. The lowest BCUT2D eigenvalue weighted by molar-refractivity contribution is 0.00987. The van der Waals surface area contributed by atoms with Gasteiger partial charge < -0.3 is 19.3 Å². The van der Waals surface area contributed by atoms with Crippen LogP contribution >= 0.6 is 0 Å².